The van der Waals surface area contributed by atoms with Crippen LogP contribution in [0.1, 0.15) is 26.5 Å². The van der Waals surface area contributed by atoms with E-state index in [4.69, 9.17) is 26.1 Å². The molecule has 0 aliphatic carbocycles. The molecule has 2 aromatic heterocycles. The third-order valence-corrected chi connectivity index (χ3v) is 7.90. The van der Waals surface area contributed by atoms with Crippen molar-refractivity contribution in [2.24, 2.45) is 7.05 Å². The number of anilines is 1. The molecule has 3 heterocycles. The van der Waals surface area contributed by atoms with E-state index in [1.54, 1.807) is 26.6 Å². The summed E-state index contributed by atoms with van der Waals surface area (Å²) < 4.78 is 14.5. The van der Waals surface area contributed by atoms with Crippen LogP contribution in [-0.2, 0) is 11.8 Å². The number of benzene rings is 2. The molecule has 0 atom stereocenters. The lowest BCUT2D eigenvalue weighted by molar-refractivity contribution is 0.0517. The topological polar surface area (TPSA) is 64.8 Å². The average molecular weight is 576 g/mol. The predicted octanol–water partition coefficient (Wildman–Crippen LogP) is 5.77. The Bertz CT molecular complexity index is 1600. The molecule has 0 unspecified atom stereocenters. The number of methoxy groups -OCH3 is 1. The van der Waals surface area contributed by atoms with Crippen LogP contribution < -0.4 is 15.3 Å². The fraction of sp³-hybridized carbons (Fsp3) is 0.375. The molecule has 1 fully saturated rings. The van der Waals surface area contributed by atoms with Gasteiger partial charge in [0.2, 0.25) is 0 Å². The number of halogens is 1. The molecule has 0 spiro atoms. The third-order valence-electron chi connectivity index (χ3n) is 7.60. The summed E-state index contributed by atoms with van der Waals surface area (Å²) in [6, 6.07) is 16.1. The normalized spacial score (nSPS) is 14.5. The number of nitrogens with zero attached hydrogens (tertiary/aromatic N) is 5. The lowest BCUT2D eigenvalue weighted by atomic mass is 9.99. The Labute approximate surface area is 246 Å². The Hall–Kier alpha value is -3.59. The van der Waals surface area contributed by atoms with Gasteiger partial charge in [-0.05, 0) is 63.6 Å². The molecular weight excluding hydrogens is 538 g/mol. The summed E-state index contributed by atoms with van der Waals surface area (Å²) in [7, 11) is 3.31. The van der Waals surface area contributed by atoms with Crippen molar-refractivity contribution in [2.45, 2.75) is 33.2 Å². The lowest BCUT2D eigenvalue weighted by Crippen LogP contribution is -2.53. The van der Waals surface area contributed by atoms with Gasteiger partial charge in [-0.1, -0.05) is 29.8 Å². The number of hydrogen-bond acceptors (Lipinski definition) is 6. The number of rotatable bonds is 7. The molecule has 216 valence electrons. The maximum atomic E-state index is 12.5. The van der Waals surface area contributed by atoms with Gasteiger partial charge >= 0.3 is 5.69 Å². The summed E-state index contributed by atoms with van der Waals surface area (Å²) >= 11 is 6.73. The zero-order chi connectivity index (χ0) is 29.3. The standard InChI is InChI=1S/C32H38ClN5O3/c1-22-18-26(23-10-11-28(27(33)20-23)38-17-12-35(5)31(38)39)30(41-21-40-6)29(34-22)24-8-7-9-25(19-24)36-13-15-37(16-14-36)32(2,3)4/h7-12,17-20H,13-16,21H2,1-6H3. The third kappa shape index (κ3) is 6.05. The molecule has 0 bridgehead atoms. The number of ether oxygens (including phenoxy) is 2. The van der Waals surface area contributed by atoms with Crippen LogP contribution in [0.25, 0.3) is 28.1 Å². The Kier molecular flexibility index (Phi) is 8.27. The molecule has 8 nitrogen and oxygen atoms in total. The molecule has 41 heavy (non-hydrogen) atoms. The first kappa shape index (κ1) is 28.9. The molecule has 0 amide bonds. The maximum Gasteiger partial charge on any atom is 0.332 e. The van der Waals surface area contributed by atoms with E-state index in [0.717, 1.165) is 54.3 Å². The van der Waals surface area contributed by atoms with Crippen molar-refractivity contribution in [3.63, 3.8) is 0 Å². The van der Waals surface area contributed by atoms with Crippen LogP contribution in [0.4, 0.5) is 5.69 Å². The number of hydrogen-bond donors (Lipinski definition) is 0. The second-order valence-electron chi connectivity index (χ2n) is 11.5. The Balaban J connectivity index is 1.53. The van der Waals surface area contributed by atoms with Crippen molar-refractivity contribution in [3.8, 4) is 33.8 Å². The molecule has 0 saturated carbocycles. The van der Waals surface area contributed by atoms with Gasteiger partial charge in [0.15, 0.2) is 12.5 Å². The predicted molar refractivity (Wildman–Crippen MR) is 165 cm³/mol. The van der Waals surface area contributed by atoms with Gasteiger partial charge in [0.25, 0.3) is 0 Å². The van der Waals surface area contributed by atoms with Crippen LogP contribution in [0.5, 0.6) is 5.75 Å². The van der Waals surface area contributed by atoms with E-state index >= 15 is 0 Å². The molecule has 9 heteroatoms. The highest BCUT2D eigenvalue weighted by atomic mass is 35.5. The highest BCUT2D eigenvalue weighted by Gasteiger charge is 2.26. The summed E-state index contributed by atoms with van der Waals surface area (Å²) in [5.41, 5.74) is 6.06. The van der Waals surface area contributed by atoms with Gasteiger partial charge in [-0.25, -0.2) is 9.78 Å². The van der Waals surface area contributed by atoms with Gasteiger partial charge in [-0.3, -0.25) is 9.47 Å². The van der Waals surface area contributed by atoms with E-state index in [1.807, 2.05) is 31.2 Å². The quantitative estimate of drug-likeness (QED) is 0.261. The largest absolute Gasteiger partial charge is 0.465 e. The Morgan fingerprint density at radius 1 is 0.976 bits per heavy atom. The van der Waals surface area contributed by atoms with Crippen LogP contribution in [0.2, 0.25) is 5.02 Å². The highest BCUT2D eigenvalue weighted by Crippen LogP contribution is 2.41. The maximum absolute atomic E-state index is 12.5. The monoisotopic (exact) mass is 575 g/mol. The molecule has 0 radical (unpaired) electrons. The van der Waals surface area contributed by atoms with Crippen molar-refractivity contribution < 1.29 is 9.47 Å². The van der Waals surface area contributed by atoms with Crippen molar-refractivity contribution in [3.05, 3.63) is 82.1 Å². The second kappa shape index (κ2) is 11.7. The van der Waals surface area contributed by atoms with Gasteiger partial charge < -0.3 is 18.9 Å². The first-order valence-electron chi connectivity index (χ1n) is 13.8. The number of pyridine rings is 1. The highest BCUT2D eigenvalue weighted by molar-refractivity contribution is 6.32. The van der Waals surface area contributed by atoms with Crippen LogP contribution in [0.15, 0.2) is 65.7 Å². The minimum Gasteiger partial charge on any atom is -0.465 e. The van der Waals surface area contributed by atoms with Gasteiger partial charge in [-0.2, -0.15) is 0 Å². The average Bonchev–Trinajstić information content (AvgIpc) is 3.29. The molecule has 1 aliphatic rings. The summed E-state index contributed by atoms with van der Waals surface area (Å²) in [4.78, 5) is 22.4. The van der Waals surface area contributed by atoms with E-state index in [0.29, 0.717) is 16.5 Å². The van der Waals surface area contributed by atoms with E-state index in [9.17, 15) is 4.79 Å². The molecular formula is C32H38ClN5O3. The fourth-order valence-electron chi connectivity index (χ4n) is 5.34. The summed E-state index contributed by atoms with van der Waals surface area (Å²) in [5, 5.41) is 0.459. The smallest absolute Gasteiger partial charge is 0.332 e. The van der Waals surface area contributed by atoms with E-state index in [2.05, 4.69) is 54.8 Å². The first-order valence-corrected chi connectivity index (χ1v) is 14.2. The fourth-order valence-corrected chi connectivity index (χ4v) is 5.61. The SMILES string of the molecule is COCOc1c(-c2ccc(-n3ccn(C)c3=O)c(Cl)c2)cc(C)nc1-c1cccc(N2CCN(C(C)(C)C)CC2)c1. The molecule has 0 N–H and O–H groups in total. The van der Waals surface area contributed by atoms with Crippen LogP contribution >= 0.6 is 11.6 Å². The number of aromatic nitrogens is 3. The molecule has 1 aliphatic heterocycles. The molecule has 4 aromatic rings. The second-order valence-corrected chi connectivity index (χ2v) is 11.9. The first-order chi connectivity index (χ1) is 19.6. The van der Waals surface area contributed by atoms with Crippen molar-refractivity contribution in [1.82, 2.24) is 19.0 Å². The molecule has 5 rings (SSSR count). The number of aryl methyl sites for hydroxylation is 2. The van der Waals surface area contributed by atoms with Crippen molar-refractivity contribution >= 4 is 17.3 Å². The van der Waals surface area contributed by atoms with Crippen molar-refractivity contribution in [2.75, 3.05) is 45.0 Å². The summed E-state index contributed by atoms with van der Waals surface area (Å²) in [6.07, 6.45) is 3.42. The Morgan fingerprint density at radius 3 is 2.37 bits per heavy atom. The van der Waals surface area contributed by atoms with Gasteiger partial charge in [0.1, 0.15) is 5.69 Å². The minimum absolute atomic E-state index is 0.0738. The van der Waals surface area contributed by atoms with E-state index in [-0.39, 0.29) is 18.0 Å². The zero-order valence-electron chi connectivity index (χ0n) is 24.6. The van der Waals surface area contributed by atoms with Crippen LogP contribution in [0.3, 0.4) is 0 Å². The zero-order valence-corrected chi connectivity index (χ0v) is 25.4. The van der Waals surface area contributed by atoms with Gasteiger partial charge in [0, 0.05) is 80.8 Å². The van der Waals surface area contributed by atoms with E-state index in [1.165, 1.54) is 14.8 Å². The van der Waals surface area contributed by atoms with Gasteiger partial charge in [0.05, 0.1) is 10.7 Å². The molecule has 2 aromatic carbocycles. The lowest BCUT2D eigenvalue weighted by Gasteiger charge is -2.43. The summed E-state index contributed by atoms with van der Waals surface area (Å²) in [6.45, 7) is 12.8. The number of piperazine rings is 1. The number of imidazole rings is 1. The van der Waals surface area contributed by atoms with E-state index < -0.39 is 0 Å². The Morgan fingerprint density at radius 2 is 1.73 bits per heavy atom. The van der Waals surface area contributed by atoms with Crippen molar-refractivity contribution in [1.29, 1.82) is 0 Å². The summed E-state index contributed by atoms with van der Waals surface area (Å²) in [5.74, 6) is 0.618. The van der Waals surface area contributed by atoms with Crippen LogP contribution in [0, 0.1) is 6.92 Å². The van der Waals surface area contributed by atoms with Gasteiger partial charge in [-0.15, -0.1) is 0 Å². The molecule has 1 saturated heterocycles. The van der Waals surface area contributed by atoms with Crippen LogP contribution in [-0.4, -0.2) is 64.6 Å². The minimum atomic E-state index is -0.162.